The second kappa shape index (κ2) is 7.71. The molecule has 0 radical (unpaired) electrons. The van der Waals surface area contributed by atoms with Crippen molar-refractivity contribution < 1.29 is 29.9 Å². The predicted octanol–water partition coefficient (Wildman–Crippen LogP) is 1.46. The van der Waals surface area contributed by atoms with Crippen LogP contribution in [-0.2, 0) is 4.74 Å². The van der Waals surface area contributed by atoms with Crippen molar-refractivity contribution in [3.8, 4) is 11.4 Å². The lowest BCUT2D eigenvalue weighted by Gasteiger charge is -2.39. The Morgan fingerprint density at radius 2 is 1.79 bits per heavy atom. The van der Waals surface area contributed by atoms with Gasteiger partial charge in [-0.3, -0.25) is 0 Å². The van der Waals surface area contributed by atoms with Crippen LogP contribution in [0.2, 0.25) is 5.02 Å². The van der Waals surface area contributed by atoms with Gasteiger partial charge in [-0.1, -0.05) is 29.8 Å². The second-order valence-corrected chi connectivity index (χ2v) is 7.11. The molecule has 2 heterocycles. The number of aliphatic hydroxyl groups is 4. The Kier molecular flexibility index (Phi) is 5.29. The molecule has 4 N–H and O–H groups in total. The molecule has 0 spiro atoms. The summed E-state index contributed by atoms with van der Waals surface area (Å²) in [5.41, 5.74) is 1.66. The number of aliphatic hydroxyl groups excluding tert-OH is 4. The summed E-state index contributed by atoms with van der Waals surface area (Å²) in [6.07, 6.45) is -4.95. The van der Waals surface area contributed by atoms with E-state index in [2.05, 4.69) is 0 Å². The normalized spacial score (nSPS) is 27.8. The van der Waals surface area contributed by atoms with Crippen molar-refractivity contribution in [2.75, 3.05) is 6.61 Å². The smallest absolute Gasteiger partial charge is 0.195 e. The van der Waals surface area contributed by atoms with Gasteiger partial charge in [-0.2, -0.15) is 0 Å². The van der Waals surface area contributed by atoms with Gasteiger partial charge in [0, 0.05) is 16.1 Å². The maximum absolute atomic E-state index is 10.4. The Morgan fingerprint density at radius 3 is 2.50 bits per heavy atom. The number of ether oxygens (including phenoxy) is 2. The molecule has 3 aromatic rings. The molecular formula is C20H20ClNO6. The van der Waals surface area contributed by atoms with Gasteiger partial charge in [-0.05, 0) is 30.3 Å². The van der Waals surface area contributed by atoms with Crippen LogP contribution in [0.4, 0.5) is 0 Å². The Balaban J connectivity index is 1.73. The molecule has 8 heteroatoms. The summed E-state index contributed by atoms with van der Waals surface area (Å²) in [5, 5.41) is 41.1. The number of benzene rings is 2. The second-order valence-electron chi connectivity index (χ2n) is 6.67. The van der Waals surface area contributed by atoms with Gasteiger partial charge in [0.05, 0.1) is 18.3 Å². The minimum atomic E-state index is -1.52. The first-order valence-electron chi connectivity index (χ1n) is 8.83. The number of hydrogen-bond acceptors (Lipinski definition) is 6. The summed E-state index contributed by atoms with van der Waals surface area (Å²) >= 11 is 6.17. The van der Waals surface area contributed by atoms with E-state index in [-0.39, 0.29) is 0 Å². The van der Waals surface area contributed by atoms with Gasteiger partial charge in [0.2, 0.25) is 0 Å². The van der Waals surface area contributed by atoms with Gasteiger partial charge in [-0.25, -0.2) is 0 Å². The zero-order valence-corrected chi connectivity index (χ0v) is 15.5. The van der Waals surface area contributed by atoms with Crippen molar-refractivity contribution in [1.29, 1.82) is 0 Å². The molecule has 1 aliphatic rings. The molecule has 1 aromatic heterocycles. The lowest BCUT2D eigenvalue weighted by atomic mass is 9.99. The fourth-order valence-electron chi connectivity index (χ4n) is 3.41. The average Bonchev–Trinajstić information content (AvgIpc) is 3.06. The molecule has 1 fully saturated rings. The standard InChI is InChI=1S/C20H20ClNO6/c21-11-6-7-13-14(8-11)22(12-4-2-1-3-5-12)9-15(13)27-19-18(25)17(24)16(10-23)28-20(19)26/h1-9,16-20,23-26H,10H2/t16-,17+,18+,19-,20-/m1/s1. The Morgan fingerprint density at radius 1 is 1.04 bits per heavy atom. The highest BCUT2D eigenvalue weighted by Gasteiger charge is 2.45. The predicted molar refractivity (Wildman–Crippen MR) is 103 cm³/mol. The lowest BCUT2D eigenvalue weighted by Crippen LogP contribution is -2.60. The van der Waals surface area contributed by atoms with E-state index < -0.39 is 37.3 Å². The van der Waals surface area contributed by atoms with Crippen LogP contribution in [0.15, 0.2) is 54.7 Å². The average molecular weight is 406 g/mol. The number of aromatic nitrogens is 1. The summed E-state index contributed by atoms with van der Waals surface area (Å²) in [5.74, 6) is 0.386. The molecule has 0 unspecified atom stereocenters. The molecule has 1 saturated heterocycles. The van der Waals surface area contributed by atoms with Gasteiger partial charge < -0.3 is 34.5 Å². The summed E-state index contributed by atoms with van der Waals surface area (Å²) in [6.45, 7) is -0.534. The molecular weight excluding hydrogens is 386 g/mol. The number of para-hydroxylation sites is 1. The molecule has 0 amide bonds. The fraction of sp³-hybridized carbons (Fsp3) is 0.300. The molecule has 4 rings (SSSR count). The summed E-state index contributed by atoms with van der Waals surface area (Å²) < 4.78 is 12.9. The third kappa shape index (κ3) is 3.37. The quantitative estimate of drug-likeness (QED) is 0.524. The molecule has 7 nitrogen and oxygen atoms in total. The van der Waals surface area contributed by atoms with Crippen LogP contribution in [0.1, 0.15) is 0 Å². The van der Waals surface area contributed by atoms with Gasteiger partial charge in [0.15, 0.2) is 12.4 Å². The van der Waals surface area contributed by atoms with E-state index >= 15 is 0 Å². The topological polar surface area (TPSA) is 104 Å². The first kappa shape index (κ1) is 19.2. The van der Waals surface area contributed by atoms with Crippen molar-refractivity contribution in [1.82, 2.24) is 4.57 Å². The molecule has 1 aliphatic heterocycles. The maximum atomic E-state index is 10.4. The SMILES string of the molecule is OC[C@H]1O[C@@H](O)[C@H](Oc2cn(-c3ccccc3)c3cc(Cl)ccc23)[C@@H](O)[C@H]1O. The summed E-state index contributed by atoms with van der Waals surface area (Å²) in [4.78, 5) is 0. The van der Waals surface area contributed by atoms with Gasteiger partial charge in [-0.15, -0.1) is 0 Å². The number of fused-ring (bicyclic) bond motifs is 1. The zero-order chi connectivity index (χ0) is 19.8. The Bertz CT molecular complexity index is 962. The molecule has 148 valence electrons. The van der Waals surface area contributed by atoms with Crippen molar-refractivity contribution in [3.05, 3.63) is 59.8 Å². The first-order valence-corrected chi connectivity index (χ1v) is 9.20. The molecule has 0 bridgehead atoms. The van der Waals surface area contributed by atoms with Gasteiger partial charge in [0.25, 0.3) is 0 Å². The third-order valence-electron chi connectivity index (χ3n) is 4.87. The van der Waals surface area contributed by atoms with Crippen LogP contribution in [0, 0.1) is 0 Å². The number of rotatable bonds is 4. The van der Waals surface area contributed by atoms with Gasteiger partial charge >= 0.3 is 0 Å². The van der Waals surface area contributed by atoms with Crippen molar-refractivity contribution >= 4 is 22.5 Å². The molecule has 2 aromatic carbocycles. The highest BCUT2D eigenvalue weighted by molar-refractivity contribution is 6.31. The van der Waals surface area contributed by atoms with E-state index in [1.165, 1.54) is 0 Å². The lowest BCUT2D eigenvalue weighted by molar-refractivity contribution is -0.280. The summed E-state index contributed by atoms with van der Waals surface area (Å²) in [7, 11) is 0. The monoisotopic (exact) mass is 405 g/mol. The Hall–Kier alpha value is -2.13. The number of halogens is 1. The molecule has 5 atom stereocenters. The van der Waals surface area contributed by atoms with Gasteiger partial charge in [0.1, 0.15) is 24.1 Å². The first-order chi connectivity index (χ1) is 13.5. The zero-order valence-electron chi connectivity index (χ0n) is 14.7. The van der Waals surface area contributed by atoms with E-state index in [1.54, 1.807) is 24.4 Å². The molecule has 28 heavy (non-hydrogen) atoms. The highest BCUT2D eigenvalue weighted by atomic mass is 35.5. The fourth-order valence-corrected chi connectivity index (χ4v) is 3.58. The van der Waals surface area contributed by atoms with E-state index in [4.69, 9.17) is 21.1 Å². The number of hydrogen-bond donors (Lipinski definition) is 4. The third-order valence-corrected chi connectivity index (χ3v) is 5.11. The minimum absolute atomic E-state index is 0.386. The maximum Gasteiger partial charge on any atom is 0.195 e. The summed E-state index contributed by atoms with van der Waals surface area (Å²) in [6, 6.07) is 14.8. The molecule has 0 saturated carbocycles. The van der Waals surface area contributed by atoms with Crippen LogP contribution in [0.25, 0.3) is 16.6 Å². The molecule has 0 aliphatic carbocycles. The van der Waals surface area contributed by atoms with E-state index in [0.29, 0.717) is 16.2 Å². The Labute approximate surface area is 165 Å². The largest absolute Gasteiger partial charge is 0.480 e. The van der Waals surface area contributed by atoms with Crippen LogP contribution in [-0.4, -0.2) is 62.3 Å². The highest BCUT2D eigenvalue weighted by Crippen LogP contribution is 2.35. The van der Waals surface area contributed by atoms with E-state index in [9.17, 15) is 20.4 Å². The van der Waals surface area contributed by atoms with Crippen molar-refractivity contribution in [3.63, 3.8) is 0 Å². The van der Waals surface area contributed by atoms with Crippen LogP contribution < -0.4 is 4.74 Å². The minimum Gasteiger partial charge on any atom is -0.480 e. The van der Waals surface area contributed by atoms with E-state index in [1.807, 2.05) is 34.9 Å². The van der Waals surface area contributed by atoms with Crippen LogP contribution in [0.5, 0.6) is 5.75 Å². The van der Waals surface area contributed by atoms with Crippen molar-refractivity contribution in [2.24, 2.45) is 0 Å². The van der Waals surface area contributed by atoms with Crippen LogP contribution in [0.3, 0.4) is 0 Å². The van der Waals surface area contributed by atoms with Crippen molar-refractivity contribution in [2.45, 2.75) is 30.7 Å². The number of nitrogens with zero attached hydrogens (tertiary/aromatic N) is 1. The van der Waals surface area contributed by atoms with Crippen LogP contribution >= 0.6 is 11.6 Å². The van der Waals surface area contributed by atoms with E-state index in [0.717, 1.165) is 11.2 Å².